The summed E-state index contributed by atoms with van der Waals surface area (Å²) >= 11 is 0. The van der Waals surface area contributed by atoms with E-state index >= 15 is 0 Å². The molecule has 0 aliphatic rings. The number of carbonyl (C=O) groups excluding carboxylic acids is 2. The van der Waals surface area contributed by atoms with Crippen molar-refractivity contribution < 1.29 is 19.1 Å². The molecule has 0 aliphatic heterocycles. The van der Waals surface area contributed by atoms with Crippen LogP contribution in [0.15, 0.2) is 24.3 Å². The van der Waals surface area contributed by atoms with Crippen LogP contribution in [0.5, 0.6) is 0 Å². The molecule has 0 bridgehead atoms. The van der Waals surface area contributed by atoms with Gasteiger partial charge in [0, 0.05) is 25.7 Å². The molecule has 0 aromatic carbocycles. The lowest BCUT2D eigenvalue weighted by Gasteiger charge is -2.01. The summed E-state index contributed by atoms with van der Waals surface area (Å²) < 4.78 is 9.30. The van der Waals surface area contributed by atoms with Crippen molar-refractivity contribution in [1.29, 1.82) is 0 Å². The molecule has 214 valence electrons. The lowest BCUT2D eigenvalue weighted by molar-refractivity contribution is -0.141. The molecular weight excluding hydrogens is 472 g/mol. The molecule has 0 aromatic heterocycles. The fourth-order valence-electron chi connectivity index (χ4n) is 4.11. The van der Waals surface area contributed by atoms with Crippen molar-refractivity contribution in [1.82, 2.24) is 0 Å². The predicted molar refractivity (Wildman–Crippen MR) is 159 cm³/mol. The topological polar surface area (TPSA) is 52.6 Å². The minimum Gasteiger partial charge on any atom is -0.469 e. The SMILES string of the molecule is COC(=O)CCCCCCCCCCCC#C/C=C/C=C/C#CCCCCCCCCCCCC(=O)OC. The first-order chi connectivity index (χ1) is 18.7. The molecule has 0 amide bonds. The van der Waals surface area contributed by atoms with E-state index in [0.717, 1.165) is 38.5 Å². The highest BCUT2D eigenvalue weighted by Gasteiger charge is 2.00. The third kappa shape index (κ3) is 29.8. The van der Waals surface area contributed by atoms with Crippen LogP contribution in [0.25, 0.3) is 0 Å². The highest BCUT2D eigenvalue weighted by Crippen LogP contribution is 2.12. The summed E-state index contributed by atoms with van der Waals surface area (Å²) in [5.41, 5.74) is 0. The van der Waals surface area contributed by atoms with Crippen molar-refractivity contribution in [2.45, 2.75) is 141 Å². The molecule has 0 aliphatic carbocycles. The summed E-state index contributed by atoms with van der Waals surface area (Å²) in [7, 11) is 2.91. The third-order valence-electron chi connectivity index (χ3n) is 6.50. The molecule has 0 atom stereocenters. The first kappa shape index (κ1) is 35.5. The van der Waals surface area contributed by atoms with Crippen molar-refractivity contribution in [2.24, 2.45) is 0 Å². The van der Waals surface area contributed by atoms with Crippen LogP contribution in [0.4, 0.5) is 0 Å². The number of hydrogen-bond donors (Lipinski definition) is 0. The summed E-state index contributed by atoms with van der Waals surface area (Å²) in [4.78, 5) is 22.1. The Morgan fingerprint density at radius 1 is 0.474 bits per heavy atom. The van der Waals surface area contributed by atoms with Gasteiger partial charge in [0.05, 0.1) is 14.2 Å². The second-order valence-corrected chi connectivity index (χ2v) is 9.88. The van der Waals surface area contributed by atoms with Crippen LogP contribution in [0.1, 0.15) is 141 Å². The maximum atomic E-state index is 11.0. The van der Waals surface area contributed by atoms with Crippen LogP contribution in [0, 0.1) is 23.7 Å². The monoisotopic (exact) mass is 526 g/mol. The fourth-order valence-corrected chi connectivity index (χ4v) is 4.11. The number of carbonyl (C=O) groups is 2. The van der Waals surface area contributed by atoms with Crippen molar-refractivity contribution >= 4 is 11.9 Å². The zero-order valence-electron chi connectivity index (χ0n) is 24.5. The standard InChI is InChI=1S/C34H54O4/c1-37-33(35)31-29-27-25-23-21-19-17-15-13-11-9-7-5-3-4-6-8-10-12-14-16-18-20-22-24-26-28-30-32-34(36)38-2/h3-6H,11-32H2,1-2H3/b5-3+,6-4+. The molecule has 0 radical (unpaired) electrons. The number of ether oxygens (including phenoxy) is 2. The molecule has 0 rings (SSSR count). The zero-order valence-corrected chi connectivity index (χ0v) is 24.5. The van der Waals surface area contributed by atoms with Gasteiger partial charge in [-0.05, 0) is 37.8 Å². The van der Waals surface area contributed by atoms with E-state index in [2.05, 4.69) is 33.2 Å². The van der Waals surface area contributed by atoms with Gasteiger partial charge < -0.3 is 9.47 Å². The van der Waals surface area contributed by atoms with E-state index in [9.17, 15) is 9.59 Å². The largest absolute Gasteiger partial charge is 0.469 e. The predicted octanol–water partition coefficient (Wildman–Crippen LogP) is 9.03. The number of esters is 2. The molecule has 4 nitrogen and oxygen atoms in total. The summed E-state index contributed by atoms with van der Waals surface area (Å²) in [6, 6.07) is 0. The zero-order chi connectivity index (χ0) is 27.8. The van der Waals surface area contributed by atoms with Crippen LogP contribution in [-0.4, -0.2) is 26.2 Å². The van der Waals surface area contributed by atoms with Gasteiger partial charge in [-0.15, -0.1) is 0 Å². The molecular formula is C34H54O4. The molecule has 0 N–H and O–H groups in total. The Balaban J connectivity index is 3.40. The highest BCUT2D eigenvalue weighted by atomic mass is 16.5. The number of hydrogen-bond acceptors (Lipinski definition) is 4. The molecule has 0 saturated heterocycles. The number of unbranched alkanes of at least 4 members (excludes halogenated alkanes) is 18. The van der Waals surface area contributed by atoms with Crippen LogP contribution >= 0.6 is 0 Å². The van der Waals surface area contributed by atoms with Gasteiger partial charge in [-0.2, -0.15) is 0 Å². The van der Waals surface area contributed by atoms with Crippen LogP contribution in [0.3, 0.4) is 0 Å². The van der Waals surface area contributed by atoms with Gasteiger partial charge >= 0.3 is 11.9 Å². The Hall–Kier alpha value is -2.46. The van der Waals surface area contributed by atoms with E-state index in [1.54, 1.807) is 0 Å². The van der Waals surface area contributed by atoms with Crippen LogP contribution in [-0.2, 0) is 19.1 Å². The Kier molecular flexibility index (Phi) is 28.8. The summed E-state index contributed by atoms with van der Waals surface area (Å²) in [6.07, 6.45) is 32.6. The third-order valence-corrected chi connectivity index (χ3v) is 6.50. The fraction of sp³-hybridized carbons (Fsp3) is 0.706. The van der Waals surface area contributed by atoms with Crippen molar-refractivity contribution in [3.8, 4) is 23.7 Å². The lowest BCUT2D eigenvalue weighted by Crippen LogP contribution is -1.99. The van der Waals surface area contributed by atoms with Gasteiger partial charge in [0.25, 0.3) is 0 Å². The second-order valence-electron chi connectivity index (χ2n) is 9.88. The minimum atomic E-state index is -0.0904. The molecule has 0 fully saturated rings. The van der Waals surface area contributed by atoms with Crippen LogP contribution in [0.2, 0.25) is 0 Å². The van der Waals surface area contributed by atoms with Gasteiger partial charge in [-0.25, -0.2) is 0 Å². The Morgan fingerprint density at radius 2 is 0.763 bits per heavy atom. The van der Waals surface area contributed by atoms with Gasteiger partial charge in [0.15, 0.2) is 0 Å². The van der Waals surface area contributed by atoms with E-state index in [0.29, 0.717) is 12.8 Å². The Labute approximate surface area is 234 Å². The average Bonchev–Trinajstić information content (AvgIpc) is 2.93. The maximum absolute atomic E-state index is 11.0. The maximum Gasteiger partial charge on any atom is 0.305 e. The molecule has 0 spiro atoms. The van der Waals surface area contributed by atoms with Crippen molar-refractivity contribution in [3.05, 3.63) is 24.3 Å². The van der Waals surface area contributed by atoms with Crippen molar-refractivity contribution in [2.75, 3.05) is 14.2 Å². The molecule has 0 unspecified atom stereocenters. The summed E-state index contributed by atoms with van der Waals surface area (Å²) in [5, 5.41) is 0. The molecule has 0 aromatic rings. The van der Waals surface area contributed by atoms with E-state index in [-0.39, 0.29) is 11.9 Å². The quantitative estimate of drug-likeness (QED) is 0.0577. The Morgan fingerprint density at radius 3 is 1.08 bits per heavy atom. The first-order valence-electron chi connectivity index (χ1n) is 15.1. The van der Waals surface area contributed by atoms with E-state index in [4.69, 9.17) is 0 Å². The summed E-state index contributed by atoms with van der Waals surface area (Å²) in [6.45, 7) is 0. The summed E-state index contributed by atoms with van der Waals surface area (Å²) in [5.74, 6) is 12.5. The molecule has 0 saturated carbocycles. The van der Waals surface area contributed by atoms with Gasteiger partial charge in [0.1, 0.15) is 0 Å². The average molecular weight is 527 g/mol. The van der Waals surface area contributed by atoms with Crippen LogP contribution < -0.4 is 0 Å². The minimum absolute atomic E-state index is 0.0904. The van der Waals surface area contributed by atoms with Gasteiger partial charge in [-0.3, -0.25) is 9.59 Å². The number of allylic oxidation sites excluding steroid dienone is 4. The normalized spacial score (nSPS) is 10.7. The lowest BCUT2D eigenvalue weighted by atomic mass is 10.1. The van der Waals surface area contributed by atoms with Gasteiger partial charge in [-0.1, -0.05) is 126 Å². The van der Waals surface area contributed by atoms with E-state index < -0.39 is 0 Å². The second kappa shape index (κ2) is 30.8. The van der Waals surface area contributed by atoms with Crippen molar-refractivity contribution in [3.63, 3.8) is 0 Å². The smallest absolute Gasteiger partial charge is 0.305 e. The first-order valence-corrected chi connectivity index (χ1v) is 15.1. The number of methoxy groups -OCH3 is 2. The van der Waals surface area contributed by atoms with E-state index in [1.165, 1.54) is 104 Å². The highest BCUT2D eigenvalue weighted by molar-refractivity contribution is 5.69. The van der Waals surface area contributed by atoms with E-state index in [1.807, 2.05) is 24.3 Å². The molecule has 38 heavy (non-hydrogen) atoms. The Bertz CT molecular complexity index is 678. The molecule has 4 heteroatoms. The molecule has 0 heterocycles. The number of rotatable bonds is 23. The van der Waals surface area contributed by atoms with Gasteiger partial charge in [0.2, 0.25) is 0 Å².